The zero-order chi connectivity index (χ0) is 28.7. The van der Waals surface area contributed by atoms with E-state index in [0.717, 1.165) is 47.6 Å². The molecule has 0 aromatic heterocycles. The number of unbranched alkanes of at least 4 members (excludes halogenated alkanes) is 3. The Balaban J connectivity index is 1.86. The Morgan fingerprint density at radius 1 is 0.769 bits per heavy atom. The van der Waals surface area contributed by atoms with Crippen LogP contribution < -0.4 is 9.47 Å². The second kappa shape index (κ2) is 13.0. The Kier molecular flexibility index (Phi) is 10.2. The summed E-state index contributed by atoms with van der Waals surface area (Å²) >= 11 is 0. The van der Waals surface area contributed by atoms with Gasteiger partial charge in [0.2, 0.25) is 0 Å². The van der Waals surface area contributed by atoms with Crippen molar-refractivity contribution in [3.05, 3.63) is 78.9 Å². The van der Waals surface area contributed by atoms with E-state index in [4.69, 9.17) is 4.74 Å². The quantitative estimate of drug-likeness (QED) is 0.0912. The molecule has 0 bridgehead atoms. The van der Waals surface area contributed by atoms with Crippen molar-refractivity contribution in [2.24, 2.45) is 0 Å². The zero-order valence-electron chi connectivity index (χ0n) is 20.9. The second-order valence-electron chi connectivity index (χ2n) is 8.53. The van der Waals surface area contributed by atoms with Crippen molar-refractivity contribution >= 4 is 21.0 Å². The Morgan fingerprint density at radius 3 is 1.77 bits per heavy atom. The molecule has 0 amide bonds. The molecule has 0 saturated heterocycles. The summed E-state index contributed by atoms with van der Waals surface area (Å²) in [6.07, 6.45) is -5.70. The molecular formula is C27H27F5O5S2. The van der Waals surface area contributed by atoms with Gasteiger partial charge in [-0.25, -0.2) is 8.42 Å². The van der Waals surface area contributed by atoms with E-state index in [9.17, 15) is 34.9 Å². The topological polar surface area (TPSA) is 75.7 Å². The maximum absolute atomic E-state index is 13.8. The third kappa shape index (κ3) is 8.09. The predicted molar refractivity (Wildman–Crippen MR) is 136 cm³/mol. The number of alkyl halides is 5. The number of benzene rings is 3. The van der Waals surface area contributed by atoms with Crippen LogP contribution in [0.2, 0.25) is 0 Å². The number of rotatable bonds is 13. The molecule has 0 fully saturated rings. The van der Waals surface area contributed by atoms with Crippen LogP contribution >= 0.6 is 0 Å². The Morgan fingerprint density at radius 2 is 1.28 bits per heavy atom. The van der Waals surface area contributed by atoms with Gasteiger partial charge in [-0.15, -0.1) is 0 Å². The lowest BCUT2D eigenvalue weighted by atomic mass is 10.2. The second-order valence-corrected chi connectivity index (χ2v) is 12.0. The lowest BCUT2D eigenvalue weighted by Crippen LogP contribution is -2.53. The van der Waals surface area contributed by atoms with Gasteiger partial charge in [0.05, 0.1) is 17.5 Å². The molecule has 0 aliphatic carbocycles. The summed E-state index contributed by atoms with van der Waals surface area (Å²) in [6, 6.07) is 21.5. The van der Waals surface area contributed by atoms with E-state index in [1.165, 1.54) is 12.1 Å². The average molecular weight is 591 g/mol. The predicted octanol–water partition coefficient (Wildman–Crippen LogP) is 7.19. The van der Waals surface area contributed by atoms with Gasteiger partial charge in [0.1, 0.15) is 11.5 Å². The van der Waals surface area contributed by atoms with Crippen LogP contribution in [0.15, 0.2) is 93.5 Å². The molecule has 0 radical (unpaired) electrons. The first-order valence-electron chi connectivity index (χ1n) is 12.0. The Bertz CT molecular complexity index is 1280. The van der Waals surface area contributed by atoms with Crippen LogP contribution in [0.5, 0.6) is 11.5 Å². The van der Waals surface area contributed by atoms with Crippen molar-refractivity contribution < 1.29 is 44.4 Å². The monoisotopic (exact) mass is 590 g/mol. The molecule has 5 nitrogen and oxygen atoms in total. The lowest BCUT2D eigenvalue weighted by molar-refractivity contribution is -0.239. The summed E-state index contributed by atoms with van der Waals surface area (Å²) in [6.45, 7) is 2.72. The van der Waals surface area contributed by atoms with E-state index in [0.29, 0.717) is 17.3 Å². The van der Waals surface area contributed by atoms with Gasteiger partial charge in [-0.3, -0.25) is 0 Å². The fourth-order valence-electron chi connectivity index (χ4n) is 3.60. The molecule has 0 aliphatic heterocycles. The summed E-state index contributed by atoms with van der Waals surface area (Å²) in [5.41, 5.74) is 0. The molecule has 212 valence electrons. The van der Waals surface area contributed by atoms with Gasteiger partial charge < -0.3 is 14.0 Å². The van der Waals surface area contributed by atoms with E-state index in [1.54, 1.807) is 0 Å². The molecule has 3 aromatic carbocycles. The largest absolute Gasteiger partial charge is 0.743 e. The minimum Gasteiger partial charge on any atom is -0.743 e. The minimum atomic E-state index is -6.65. The van der Waals surface area contributed by atoms with Gasteiger partial charge in [-0.05, 0) is 67.1 Å². The van der Waals surface area contributed by atoms with Crippen molar-refractivity contribution in [1.29, 1.82) is 0 Å². The zero-order valence-corrected chi connectivity index (χ0v) is 22.5. The van der Waals surface area contributed by atoms with Crippen LogP contribution in [0.25, 0.3) is 0 Å². The molecular weight excluding hydrogens is 563 g/mol. The van der Waals surface area contributed by atoms with E-state index >= 15 is 0 Å². The fraction of sp³-hybridized carbons (Fsp3) is 0.333. The number of halogens is 5. The van der Waals surface area contributed by atoms with E-state index in [-0.39, 0.29) is 0 Å². The highest BCUT2D eigenvalue weighted by atomic mass is 32.2. The summed E-state index contributed by atoms with van der Waals surface area (Å²) in [5.74, 6) is 0.0240. The Hall–Kier alpha value is -2.83. The van der Waals surface area contributed by atoms with Crippen molar-refractivity contribution in [3.8, 4) is 11.5 Å². The maximum Gasteiger partial charge on any atom is 0.432 e. The summed E-state index contributed by atoms with van der Waals surface area (Å²) in [5, 5.41) is -5.72. The number of hydrogen-bond donors (Lipinski definition) is 0. The highest BCUT2D eigenvalue weighted by molar-refractivity contribution is 7.97. The van der Waals surface area contributed by atoms with Crippen molar-refractivity contribution in [2.75, 3.05) is 6.61 Å². The molecule has 0 N–H and O–H groups in total. The van der Waals surface area contributed by atoms with Crippen LogP contribution in [0, 0.1) is 0 Å². The summed E-state index contributed by atoms with van der Waals surface area (Å²) in [4.78, 5) is 2.38. The third-order valence-corrected chi connectivity index (χ3v) is 8.67. The normalized spacial score (nSPS) is 14.0. The molecule has 2 unspecified atom stereocenters. The van der Waals surface area contributed by atoms with E-state index < -0.39 is 44.3 Å². The average Bonchev–Trinajstić information content (AvgIpc) is 2.88. The molecule has 39 heavy (non-hydrogen) atoms. The van der Waals surface area contributed by atoms with Gasteiger partial charge in [0, 0.05) is 0 Å². The first-order chi connectivity index (χ1) is 18.3. The maximum atomic E-state index is 13.8. The van der Waals surface area contributed by atoms with Crippen LogP contribution in [-0.4, -0.2) is 37.1 Å². The molecule has 0 spiro atoms. The van der Waals surface area contributed by atoms with Gasteiger partial charge in [-0.2, -0.15) is 22.0 Å². The smallest absolute Gasteiger partial charge is 0.432 e. The lowest BCUT2D eigenvalue weighted by Gasteiger charge is -2.30. The molecule has 0 heterocycles. The molecule has 0 saturated carbocycles. The highest BCUT2D eigenvalue weighted by Gasteiger charge is 2.62. The molecule has 3 aromatic rings. The van der Waals surface area contributed by atoms with Crippen LogP contribution in [0.4, 0.5) is 22.0 Å². The van der Waals surface area contributed by atoms with E-state index in [1.807, 2.05) is 54.6 Å². The Labute approximate surface area is 227 Å². The van der Waals surface area contributed by atoms with Gasteiger partial charge in [0.25, 0.3) is 6.10 Å². The summed E-state index contributed by atoms with van der Waals surface area (Å²) < 4.78 is 110. The van der Waals surface area contributed by atoms with Crippen molar-refractivity contribution in [2.45, 2.75) is 64.8 Å². The van der Waals surface area contributed by atoms with Gasteiger partial charge in [0.15, 0.2) is 24.8 Å². The van der Waals surface area contributed by atoms with Crippen LogP contribution in [0.3, 0.4) is 0 Å². The van der Waals surface area contributed by atoms with Gasteiger partial charge >= 0.3 is 11.4 Å². The fourth-order valence-corrected chi connectivity index (χ4v) is 6.11. The molecule has 3 rings (SSSR count). The SMILES string of the molecule is CCCCCCOc1ccc([S+](c2ccccc2)c2ccc(OC(C(F)(F)F)C(F)(F)S(=O)(=O)[O-])cc2)cc1. The molecule has 2 atom stereocenters. The minimum absolute atomic E-state index is 0.594. The van der Waals surface area contributed by atoms with Crippen LogP contribution in [-0.2, 0) is 21.0 Å². The van der Waals surface area contributed by atoms with Crippen molar-refractivity contribution in [3.63, 3.8) is 0 Å². The van der Waals surface area contributed by atoms with Crippen LogP contribution in [0.1, 0.15) is 32.6 Å². The molecule has 12 heteroatoms. The first kappa shape index (κ1) is 30.7. The third-order valence-electron chi connectivity index (χ3n) is 5.55. The highest BCUT2D eigenvalue weighted by Crippen LogP contribution is 2.39. The number of ether oxygens (including phenoxy) is 2. The first-order valence-corrected chi connectivity index (χ1v) is 14.7. The number of hydrogen-bond acceptors (Lipinski definition) is 5. The standard InChI is InChI=1S/C27H27F5O5S2/c1-2-3-4-8-19-36-20-11-15-23(16-12-20)38(22-9-6-5-7-10-22)24-17-13-21(14-18-24)37-25(26(28,29)30)27(31,32)39(33,34)35/h5-7,9-18,25H,2-4,8,19H2,1H3. The summed E-state index contributed by atoms with van der Waals surface area (Å²) in [7, 11) is -7.38. The van der Waals surface area contributed by atoms with Crippen molar-refractivity contribution in [1.82, 2.24) is 0 Å². The van der Waals surface area contributed by atoms with E-state index in [2.05, 4.69) is 11.7 Å². The molecule has 0 aliphatic rings. The van der Waals surface area contributed by atoms with Gasteiger partial charge in [-0.1, -0.05) is 44.4 Å².